The number of carbonyl (C=O) groups is 1. The molecule has 1 aromatic rings. The number of hydrazine groups is 1. The predicted molar refractivity (Wildman–Crippen MR) is 84.1 cm³/mol. The van der Waals surface area contributed by atoms with E-state index in [0.29, 0.717) is 11.3 Å². The molecule has 2 unspecified atom stereocenters. The fourth-order valence-electron chi connectivity index (χ4n) is 1.89. The third-order valence-electron chi connectivity index (χ3n) is 2.91. The second kappa shape index (κ2) is 7.98. The number of benzene rings is 1. The molecule has 0 bridgehead atoms. The Balaban J connectivity index is 2.48. The van der Waals surface area contributed by atoms with E-state index >= 15 is 0 Å². The zero-order valence-electron chi connectivity index (χ0n) is 13.2. The Hall–Kier alpha value is -1.83. The van der Waals surface area contributed by atoms with Crippen LogP contribution in [0, 0.1) is 0 Å². The molecule has 1 rings (SSSR count). The van der Waals surface area contributed by atoms with Gasteiger partial charge in [-0.15, -0.1) is 0 Å². The number of ether oxygens (including phenoxy) is 1. The Morgan fingerprint density at radius 2 is 1.95 bits per heavy atom. The van der Waals surface area contributed by atoms with Crippen molar-refractivity contribution in [1.29, 1.82) is 0 Å². The summed E-state index contributed by atoms with van der Waals surface area (Å²) in [4.78, 5) is 11.5. The van der Waals surface area contributed by atoms with Gasteiger partial charge < -0.3 is 25.7 Å². The van der Waals surface area contributed by atoms with Gasteiger partial charge in [-0.2, -0.15) is 0 Å². The second-order valence-corrected chi connectivity index (χ2v) is 5.96. The smallest absolute Gasteiger partial charge is 0.407 e. The maximum Gasteiger partial charge on any atom is 0.407 e. The normalized spacial score (nSPS) is 14.1. The van der Waals surface area contributed by atoms with Gasteiger partial charge in [0, 0.05) is 12.1 Å². The summed E-state index contributed by atoms with van der Waals surface area (Å²) in [6.07, 6.45) is -2.52. The molecule has 0 fully saturated rings. The average molecular weight is 311 g/mol. The quantitative estimate of drug-likeness (QED) is 0.399. The minimum atomic E-state index is -1.10. The summed E-state index contributed by atoms with van der Waals surface area (Å²) in [6.45, 7) is 5.48. The molecule has 0 aliphatic carbocycles. The zero-order valence-corrected chi connectivity index (χ0v) is 13.2. The molecule has 6 N–H and O–H groups in total. The van der Waals surface area contributed by atoms with Crippen molar-refractivity contribution in [2.24, 2.45) is 5.84 Å². The minimum absolute atomic E-state index is 0.180. The van der Waals surface area contributed by atoms with Crippen LogP contribution in [0.3, 0.4) is 0 Å². The van der Waals surface area contributed by atoms with Crippen molar-refractivity contribution in [3.63, 3.8) is 0 Å². The first-order valence-electron chi connectivity index (χ1n) is 7.13. The van der Waals surface area contributed by atoms with Gasteiger partial charge in [0.15, 0.2) is 0 Å². The largest absolute Gasteiger partial charge is 0.444 e. The maximum atomic E-state index is 11.5. The Kier molecular flexibility index (Phi) is 6.61. The number of carbonyl (C=O) groups excluding carboxylic acids is 1. The van der Waals surface area contributed by atoms with Crippen molar-refractivity contribution >= 4 is 11.8 Å². The first-order valence-corrected chi connectivity index (χ1v) is 7.13. The van der Waals surface area contributed by atoms with E-state index in [1.54, 1.807) is 45.0 Å². The standard InChI is InChI=1S/C15H25N3O4/c1-15(2,3)22-14(21)17-9-8-12(19)13(20)10-6-4-5-7-11(10)18-16/h4-7,12-13,18-20H,8-9,16H2,1-3H3,(H,17,21). The van der Waals surface area contributed by atoms with E-state index in [2.05, 4.69) is 10.7 Å². The summed E-state index contributed by atoms with van der Waals surface area (Å²) < 4.78 is 5.08. The van der Waals surface area contributed by atoms with Crippen molar-refractivity contribution in [2.75, 3.05) is 12.0 Å². The summed E-state index contributed by atoms with van der Waals surface area (Å²) in [5, 5.41) is 22.7. The van der Waals surface area contributed by atoms with Gasteiger partial charge >= 0.3 is 6.09 Å². The summed E-state index contributed by atoms with van der Waals surface area (Å²) in [5.74, 6) is 5.37. The lowest BCUT2D eigenvalue weighted by Gasteiger charge is -2.22. The molecular weight excluding hydrogens is 286 g/mol. The van der Waals surface area contributed by atoms with E-state index in [1.807, 2.05) is 0 Å². The number of nitrogen functional groups attached to an aromatic ring is 1. The van der Waals surface area contributed by atoms with E-state index in [9.17, 15) is 15.0 Å². The number of aliphatic hydroxyl groups is 2. The molecule has 0 heterocycles. The number of hydrogen-bond acceptors (Lipinski definition) is 6. The first-order chi connectivity index (χ1) is 10.2. The van der Waals surface area contributed by atoms with E-state index in [4.69, 9.17) is 10.6 Å². The van der Waals surface area contributed by atoms with Crippen LogP contribution < -0.4 is 16.6 Å². The van der Waals surface area contributed by atoms with Gasteiger partial charge in [-0.05, 0) is 33.3 Å². The Morgan fingerprint density at radius 1 is 1.32 bits per heavy atom. The van der Waals surface area contributed by atoms with E-state index in [-0.39, 0.29) is 13.0 Å². The van der Waals surface area contributed by atoms with Crippen LogP contribution >= 0.6 is 0 Å². The molecule has 0 spiro atoms. The fourth-order valence-corrected chi connectivity index (χ4v) is 1.89. The fraction of sp³-hybridized carbons (Fsp3) is 0.533. The average Bonchev–Trinajstić information content (AvgIpc) is 2.44. The molecule has 0 radical (unpaired) electrons. The molecule has 1 aromatic carbocycles. The Labute approximate surface area is 130 Å². The van der Waals surface area contributed by atoms with Crippen LogP contribution in [-0.2, 0) is 4.74 Å². The van der Waals surface area contributed by atoms with E-state index in [1.165, 1.54) is 0 Å². The highest BCUT2D eigenvalue weighted by Gasteiger charge is 2.21. The molecule has 7 nitrogen and oxygen atoms in total. The summed E-state index contributed by atoms with van der Waals surface area (Å²) in [7, 11) is 0. The molecule has 0 aromatic heterocycles. The number of rotatable bonds is 6. The lowest BCUT2D eigenvalue weighted by atomic mass is 10.0. The van der Waals surface area contributed by atoms with Crippen LogP contribution in [0.2, 0.25) is 0 Å². The van der Waals surface area contributed by atoms with Crippen molar-refractivity contribution in [3.05, 3.63) is 29.8 Å². The predicted octanol–water partition coefficient (Wildman–Crippen LogP) is 1.28. The number of amides is 1. The van der Waals surface area contributed by atoms with Crippen molar-refractivity contribution < 1.29 is 19.7 Å². The van der Waals surface area contributed by atoms with Crippen molar-refractivity contribution in [3.8, 4) is 0 Å². The number of aliphatic hydroxyl groups excluding tert-OH is 2. The van der Waals surface area contributed by atoms with Gasteiger partial charge in [-0.3, -0.25) is 5.84 Å². The molecule has 124 valence electrons. The highest BCUT2D eigenvalue weighted by Crippen LogP contribution is 2.25. The molecule has 0 aliphatic heterocycles. The van der Waals surface area contributed by atoms with Crippen LogP contribution in [-0.4, -0.2) is 34.6 Å². The number of hydrogen-bond donors (Lipinski definition) is 5. The second-order valence-electron chi connectivity index (χ2n) is 5.96. The molecule has 2 atom stereocenters. The summed E-state index contributed by atoms with van der Waals surface area (Å²) in [6, 6.07) is 6.88. The minimum Gasteiger partial charge on any atom is -0.444 e. The highest BCUT2D eigenvalue weighted by atomic mass is 16.6. The molecule has 7 heteroatoms. The number of anilines is 1. The topological polar surface area (TPSA) is 117 Å². The number of para-hydroxylation sites is 1. The number of nitrogens with two attached hydrogens (primary N) is 1. The Morgan fingerprint density at radius 3 is 2.55 bits per heavy atom. The van der Waals surface area contributed by atoms with E-state index < -0.39 is 23.9 Å². The van der Waals surface area contributed by atoms with Crippen LogP contribution in [0.25, 0.3) is 0 Å². The van der Waals surface area contributed by atoms with Gasteiger partial charge in [-0.1, -0.05) is 18.2 Å². The lowest BCUT2D eigenvalue weighted by Crippen LogP contribution is -2.34. The SMILES string of the molecule is CC(C)(C)OC(=O)NCCC(O)C(O)c1ccccc1NN. The van der Waals surface area contributed by atoms with Crippen LogP contribution in [0.15, 0.2) is 24.3 Å². The zero-order chi connectivity index (χ0) is 16.8. The van der Waals surface area contributed by atoms with Gasteiger partial charge in [0.25, 0.3) is 0 Å². The van der Waals surface area contributed by atoms with E-state index in [0.717, 1.165) is 0 Å². The molecule has 0 aliphatic rings. The van der Waals surface area contributed by atoms with Gasteiger partial charge in [0.2, 0.25) is 0 Å². The summed E-state index contributed by atoms with van der Waals surface area (Å²) >= 11 is 0. The first kappa shape index (κ1) is 18.2. The maximum absolute atomic E-state index is 11.5. The van der Waals surface area contributed by atoms with Crippen molar-refractivity contribution in [2.45, 2.75) is 45.0 Å². The van der Waals surface area contributed by atoms with Gasteiger partial charge in [0.1, 0.15) is 11.7 Å². The van der Waals surface area contributed by atoms with Crippen LogP contribution in [0.4, 0.5) is 10.5 Å². The highest BCUT2D eigenvalue weighted by molar-refractivity contribution is 5.67. The lowest BCUT2D eigenvalue weighted by molar-refractivity contribution is 0.0126. The third-order valence-corrected chi connectivity index (χ3v) is 2.91. The van der Waals surface area contributed by atoms with Gasteiger partial charge in [0.05, 0.1) is 11.8 Å². The molecular formula is C15H25N3O4. The van der Waals surface area contributed by atoms with Crippen molar-refractivity contribution in [1.82, 2.24) is 5.32 Å². The Bertz CT molecular complexity index is 488. The summed E-state index contributed by atoms with van der Waals surface area (Å²) in [5.41, 5.74) is 2.93. The number of alkyl carbamates (subject to hydrolysis) is 1. The molecule has 1 amide bonds. The number of nitrogens with one attached hydrogen (secondary N) is 2. The third kappa shape index (κ3) is 5.88. The molecule has 0 saturated carbocycles. The monoisotopic (exact) mass is 311 g/mol. The van der Waals surface area contributed by atoms with Crippen LogP contribution in [0.1, 0.15) is 38.9 Å². The molecule has 0 saturated heterocycles. The molecule has 22 heavy (non-hydrogen) atoms. The van der Waals surface area contributed by atoms with Crippen LogP contribution in [0.5, 0.6) is 0 Å². The van der Waals surface area contributed by atoms with Gasteiger partial charge in [-0.25, -0.2) is 4.79 Å².